The maximum absolute atomic E-state index is 13.1. The van der Waals surface area contributed by atoms with Gasteiger partial charge in [-0.3, -0.25) is 4.79 Å². The lowest BCUT2D eigenvalue weighted by atomic mass is 9.53. The van der Waals surface area contributed by atoms with Crippen molar-refractivity contribution >= 4 is 17.3 Å². The third-order valence-electron chi connectivity index (χ3n) is 7.05. The van der Waals surface area contributed by atoms with E-state index in [-0.39, 0.29) is 11.1 Å². The van der Waals surface area contributed by atoms with E-state index in [1.165, 1.54) is 38.5 Å². The second-order valence-corrected chi connectivity index (χ2v) is 9.13. The molecule has 0 radical (unpaired) electrons. The summed E-state index contributed by atoms with van der Waals surface area (Å²) >= 11 is 6.56. The summed E-state index contributed by atoms with van der Waals surface area (Å²) < 4.78 is 1.80. The van der Waals surface area contributed by atoms with Crippen molar-refractivity contribution in [2.24, 2.45) is 17.8 Å². The number of piperidine rings is 1. The van der Waals surface area contributed by atoms with Gasteiger partial charge in [-0.2, -0.15) is 5.10 Å². The van der Waals surface area contributed by atoms with Crippen LogP contribution in [0.3, 0.4) is 0 Å². The number of anilines is 1. The second kappa shape index (κ2) is 5.48. The molecule has 0 N–H and O–H groups in total. The number of hydrogen-bond donors (Lipinski definition) is 0. The molecule has 1 saturated heterocycles. The summed E-state index contributed by atoms with van der Waals surface area (Å²) in [6, 6.07) is 0. The molecule has 5 fully saturated rings. The highest BCUT2D eigenvalue weighted by molar-refractivity contribution is 6.33. The average molecular weight is 348 g/mol. The zero-order valence-corrected chi connectivity index (χ0v) is 15.0. The molecule has 0 atom stereocenters. The number of rotatable bonds is 2. The molecular formula is C19H26ClN3O. The fraction of sp³-hybridized carbons (Fsp3) is 0.789. The van der Waals surface area contributed by atoms with E-state index in [0.29, 0.717) is 5.02 Å². The summed E-state index contributed by atoms with van der Waals surface area (Å²) in [5, 5.41) is 5.07. The van der Waals surface area contributed by atoms with Crippen molar-refractivity contribution in [1.29, 1.82) is 0 Å². The van der Waals surface area contributed by atoms with Gasteiger partial charge in [-0.15, -0.1) is 0 Å². The van der Waals surface area contributed by atoms with Crippen molar-refractivity contribution in [2.75, 3.05) is 18.0 Å². The number of halogens is 1. The van der Waals surface area contributed by atoms with Crippen molar-refractivity contribution in [2.45, 2.75) is 63.3 Å². The molecule has 4 nitrogen and oxygen atoms in total. The predicted molar refractivity (Wildman–Crippen MR) is 95.7 cm³/mol. The van der Waals surface area contributed by atoms with Gasteiger partial charge in [-0.1, -0.05) is 11.6 Å². The average Bonchev–Trinajstić information content (AvgIpc) is 2.56. The molecule has 1 aromatic rings. The minimum absolute atomic E-state index is 0.0457. The standard InChI is InChI=1S/C19H26ClN3O/c20-17-16(22-4-2-1-3-5-22)12-21-23(18(17)24)19-9-13-6-14(10-19)8-15(7-13)11-19/h12-15H,1-11H2. The summed E-state index contributed by atoms with van der Waals surface area (Å²) in [5.41, 5.74) is 0.750. The molecule has 5 heteroatoms. The maximum atomic E-state index is 13.1. The number of aromatic nitrogens is 2. The topological polar surface area (TPSA) is 38.1 Å². The van der Waals surface area contributed by atoms with Crippen molar-refractivity contribution in [3.63, 3.8) is 0 Å². The van der Waals surface area contributed by atoms with Crippen molar-refractivity contribution < 1.29 is 0 Å². The van der Waals surface area contributed by atoms with Gasteiger partial charge < -0.3 is 4.90 Å². The largest absolute Gasteiger partial charge is 0.369 e. The molecule has 4 saturated carbocycles. The zero-order valence-electron chi connectivity index (χ0n) is 14.2. The molecule has 1 aromatic heterocycles. The van der Waals surface area contributed by atoms with Crippen LogP contribution in [0.15, 0.2) is 11.0 Å². The van der Waals surface area contributed by atoms with Crippen LogP contribution in [0.5, 0.6) is 0 Å². The third-order valence-corrected chi connectivity index (χ3v) is 7.41. The molecule has 0 spiro atoms. The molecule has 24 heavy (non-hydrogen) atoms. The van der Waals surface area contributed by atoms with Gasteiger partial charge in [0.1, 0.15) is 5.02 Å². The van der Waals surface area contributed by atoms with Gasteiger partial charge in [0.05, 0.1) is 17.4 Å². The van der Waals surface area contributed by atoms with Gasteiger partial charge in [0.2, 0.25) is 0 Å². The number of hydrogen-bond acceptors (Lipinski definition) is 3. The van der Waals surface area contributed by atoms with E-state index in [0.717, 1.165) is 55.8 Å². The van der Waals surface area contributed by atoms with E-state index in [1.807, 2.05) is 6.20 Å². The summed E-state index contributed by atoms with van der Waals surface area (Å²) in [4.78, 5) is 15.3. The van der Waals surface area contributed by atoms with E-state index in [9.17, 15) is 4.79 Å². The fourth-order valence-corrected chi connectivity index (χ4v) is 6.69. The quantitative estimate of drug-likeness (QED) is 0.816. The summed E-state index contributed by atoms with van der Waals surface area (Å²) in [5.74, 6) is 2.39. The Morgan fingerprint density at radius 3 is 2.17 bits per heavy atom. The molecular weight excluding hydrogens is 322 g/mol. The predicted octanol–water partition coefficient (Wildman–Crippen LogP) is 3.81. The van der Waals surface area contributed by atoms with Crippen molar-refractivity contribution in [3.05, 3.63) is 21.6 Å². The van der Waals surface area contributed by atoms with Gasteiger partial charge in [-0.25, -0.2) is 4.68 Å². The highest BCUT2D eigenvalue weighted by atomic mass is 35.5. The lowest BCUT2D eigenvalue weighted by Crippen LogP contribution is -2.55. The molecule has 1 aliphatic heterocycles. The van der Waals surface area contributed by atoms with E-state index in [4.69, 9.17) is 11.6 Å². The van der Waals surface area contributed by atoms with E-state index in [1.54, 1.807) is 4.68 Å². The SMILES string of the molecule is O=c1c(Cl)c(N2CCCCC2)cnn1C12CC3CC(CC(C3)C1)C2. The summed E-state index contributed by atoms with van der Waals surface area (Å²) in [6.45, 7) is 1.98. The first-order chi connectivity index (χ1) is 11.6. The van der Waals surface area contributed by atoms with Crippen LogP contribution in [0.1, 0.15) is 57.8 Å². The van der Waals surface area contributed by atoms with Gasteiger partial charge in [-0.05, 0) is 75.5 Å². The maximum Gasteiger partial charge on any atom is 0.288 e. The molecule has 6 rings (SSSR count). The molecule has 0 amide bonds. The summed E-state index contributed by atoms with van der Waals surface area (Å²) in [7, 11) is 0. The van der Waals surface area contributed by atoms with Crippen LogP contribution in [-0.2, 0) is 5.54 Å². The van der Waals surface area contributed by atoms with Gasteiger partial charge in [0.15, 0.2) is 0 Å². The molecule has 130 valence electrons. The Morgan fingerprint density at radius 1 is 1.00 bits per heavy atom. The monoisotopic (exact) mass is 347 g/mol. The van der Waals surface area contributed by atoms with E-state index >= 15 is 0 Å². The van der Waals surface area contributed by atoms with E-state index < -0.39 is 0 Å². The first-order valence-electron chi connectivity index (χ1n) is 9.68. The zero-order chi connectivity index (χ0) is 16.3. The Hall–Kier alpha value is -1.03. The highest BCUT2D eigenvalue weighted by Crippen LogP contribution is 2.58. The van der Waals surface area contributed by atoms with Crippen LogP contribution in [0, 0.1) is 17.8 Å². The van der Waals surface area contributed by atoms with Crippen molar-refractivity contribution in [1.82, 2.24) is 9.78 Å². The molecule has 5 aliphatic rings. The smallest absolute Gasteiger partial charge is 0.288 e. The first-order valence-corrected chi connectivity index (χ1v) is 10.1. The van der Waals surface area contributed by atoms with Gasteiger partial charge in [0, 0.05) is 13.1 Å². The second-order valence-electron chi connectivity index (χ2n) is 8.75. The lowest BCUT2D eigenvalue weighted by molar-refractivity contribution is -0.0518. The Labute approximate surface area is 148 Å². The van der Waals surface area contributed by atoms with Gasteiger partial charge >= 0.3 is 0 Å². The Balaban J connectivity index is 1.53. The molecule has 4 aliphatic carbocycles. The highest BCUT2D eigenvalue weighted by Gasteiger charge is 2.53. The lowest BCUT2D eigenvalue weighted by Gasteiger charge is -2.56. The van der Waals surface area contributed by atoms with Crippen LogP contribution >= 0.6 is 11.6 Å². The first kappa shape index (κ1) is 15.2. The molecule has 2 heterocycles. The number of nitrogens with zero attached hydrogens (tertiary/aromatic N) is 3. The molecule has 0 aromatic carbocycles. The van der Waals surface area contributed by atoms with Crippen LogP contribution in [0.25, 0.3) is 0 Å². The van der Waals surface area contributed by atoms with Crippen LogP contribution in [0.4, 0.5) is 5.69 Å². The minimum atomic E-state index is -0.0540. The van der Waals surface area contributed by atoms with Gasteiger partial charge in [0.25, 0.3) is 5.56 Å². The third kappa shape index (κ3) is 2.25. The Bertz CT molecular complexity index is 672. The van der Waals surface area contributed by atoms with E-state index in [2.05, 4.69) is 10.00 Å². The van der Waals surface area contributed by atoms with Crippen LogP contribution in [-0.4, -0.2) is 22.9 Å². The Kier molecular flexibility index (Phi) is 3.48. The minimum Gasteiger partial charge on any atom is -0.369 e. The summed E-state index contributed by atoms with van der Waals surface area (Å²) in [6.07, 6.45) is 13.0. The molecule has 0 unspecified atom stereocenters. The Morgan fingerprint density at radius 2 is 1.58 bits per heavy atom. The molecule has 4 bridgehead atoms. The fourth-order valence-electron chi connectivity index (χ4n) is 6.44. The van der Waals surface area contributed by atoms with Crippen LogP contribution in [0.2, 0.25) is 5.02 Å². The van der Waals surface area contributed by atoms with Crippen LogP contribution < -0.4 is 10.5 Å². The van der Waals surface area contributed by atoms with Crippen molar-refractivity contribution in [3.8, 4) is 0 Å². The normalized spacial score (nSPS) is 37.9.